The second-order valence-electron chi connectivity index (χ2n) is 4.90. The van der Waals surface area contributed by atoms with Crippen LogP contribution >= 0.6 is 39.1 Å². The molecular weight excluding hydrogens is 403 g/mol. The minimum atomic E-state index is -0.730. The molecule has 0 spiro atoms. The largest absolute Gasteiger partial charge is 0.483 e. The van der Waals surface area contributed by atoms with Crippen molar-refractivity contribution >= 4 is 50.7 Å². The first-order valence-electron chi connectivity index (χ1n) is 6.80. The van der Waals surface area contributed by atoms with Crippen LogP contribution in [0.2, 0.25) is 10.0 Å². The fraction of sp³-hybridized carbons (Fsp3) is 0.176. The zero-order chi connectivity index (χ0) is 17.0. The number of rotatable bonds is 6. The molecule has 0 aromatic heterocycles. The highest BCUT2D eigenvalue weighted by atomic mass is 79.9. The summed E-state index contributed by atoms with van der Waals surface area (Å²) < 4.78 is 6.45. The zero-order valence-corrected chi connectivity index (χ0v) is 15.3. The molecule has 0 aliphatic rings. The highest BCUT2D eigenvalue weighted by molar-refractivity contribution is 9.10. The van der Waals surface area contributed by atoms with E-state index in [1.54, 1.807) is 25.1 Å². The molecule has 0 saturated heterocycles. The highest BCUT2D eigenvalue weighted by Crippen LogP contribution is 2.23. The van der Waals surface area contributed by atoms with Crippen molar-refractivity contribution in [1.82, 2.24) is 0 Å². The van der Waals surface area contributed by atoms with Gasteiger partial charge < -0.3 is 4.74 Å². The number of ketones is 2. The minimum absolute atomic E-state index is 0.233. The van der Waals surface area contributed by atoms with E-state index in [0.717, 1.165) is 4.47 Å². The van der Waals surface area contributed by atoms with Gasteiger partial charge in [0.15, 0.2) is 17.7 Å². The Morgan fingerprint density at radius 1 is 1.13 bits per heavy atom. The average molecular weight is 416 g/mol. The lowest BCUT2D eigenvalue weighted by Crippen LogP contribution is -2.26. The molecule has 2 rings (SSSR count). The van der Waals surface area contributed by atoms with Gasteiger partial charge in [-0.2, -0.15) is 0 Å². The fourth-order valence-corrected chi connectivity index (χ4v) is 2.67. The van der Waals surface area contributed by atoms with Gasteiger partial charge in [0.2, 0.25) is 0 Å². The van der Waals surface area contributed by atoms with Gasteiger partial charge in [0.25, 0.3) is 0 Å². The lowest BCUT2D eigenvalue weighted by atomic mass is 10.0. The molecule has 1 atom stereocenters. The summed E-state index contributed by atoms with van der Waals surface area (Å²) in [5.41, 5.74) is 0.278. The van der Waals surface area contributed by atoms with Crippen molar-refractivity contribution in [1.29, 1.82) is 0 Å². The second-order valence-corrected chi connectivity index (χ2v) is 6.66. The zero-order valence-electron chi connectivity index (χ0n) is 12.2. The van der Waals surface area contributed by atoms with Gasteiger partial charge in [-0.05, 0) is 49.4 Å². The van der Waals surface area contributed by atoms with E-state index in [4.69, 9.17) is 27.9 Å². The van der Waals surface area contributed by atoms with E-state index in [2.05, 4.69) is 15.9 Å². The van der Waals surface area contributed by atoms with E-state index in [9.17, 15) is 9.59 Å². The van der Waals surface area contributed by atoms with Gasteiger partial charge >= 0.3 is 0 Å². The molecule has 0 aliphatic heterocycles. The summed E-state index contributed by atoms with van der Waals surface area (Å²) >= 11 is 15.1. The molecular formula is C17H13BrCl2O3. The monoisotopic (exact) mass is 414 g/mol. The Bertz CT molecular complexity index is 729. The van der Waals surface area contributed by atoms with Crippen LogP contribution in [0.3, 0.4) is 0 Å². The Kier molecular flexibility index (Phi) is 6.22. The number of carbonyl (C=O) groups is 2. The molecule has 0 aliphatic carbocycles. The lowest BCUT2D eigenvalue weighted by Gasteiger charge is -2.13. The van der Waals surface area contributed by atoms with Crippen LogP contribution < -0.4 is 4.74 Å². The van der Waals surface area contributed by atoms with Crippen molar-refractivity contribution in [2.24, 2.45) is 0 Å². The quantitative estimate of drug-likeness (QED) is 0.470. The summed E-state index contributed by atoms with van der Waals surface area (Å²) in [6.07, 6.45) is -1.01. The maximum absolute atomic E-state index is 12.2. The van der Waals surface area contributed by atoms with Crippen molar-refractivity contribution in [2.45, 2.75) is 19.4 Å². The van der Waals surface area contributed by atoms with Gasteiger partial charge in [0.1, 0.15) is 5.75 Å². The Morgan fingerprint density at radius 2 is 1.78 bits per heavy atom. The van der Waals surface area contributed by atoms with Crippen LogP contribution in [0.15, 0.2) is 46.9 Å². The number of hydrogen-bond acceptors (Lipinski definition) is 3. The Hall–Kier alpha value is -1.36. The van der Waals surface area contributed by atoms with Crippen molar-refractivity contribution < 1.29 is 14.3 Å². The summed E-state index contributed by atoms with van der Waals surface area (Å²) in [6.45, 7) is 1.61. The van der Waals surface area contributed by atoms with E-state index in [1.165, 1.54) is 12.1 Å². The van der Waals surface area contributed by atoms with Crippen molar-refractivity contribution in [2.75, 3.05) is 0 Å². The molecule has 1 unspecified atom stereocenters. The van der Waals surface area contributed by atoms with E-state index in [1.807, 2.05) is 12.1 Å². The van der Waals surface area contributed by atoms with Gasteiger partial charge in [-0.25, -0.2) is 0 Å². The smallest absolute Gasteiger partial charge is 0.180 e. The third-order valence-corrected chi connectivity index (χ3v) is 4.22. The first-order chi connectivity index (χ1) is 10.9. The van der Waals surface area contributed by atoms with Gasteiger partial charge in [-0.15, -0.1) is 0 Å². The number of hydrogen-bond donors (Lipinski definition) is 0. The summed E-state index contributed by atoms with van der Waals surface area (Å²) in [4.78, 5) is 24.3. The van der Waals surface area contributed by atoms with Crippen LogP contribution in [0.25, 0.3) is 0 Å². The second kappa shape index (κ2) is 7.95. The van der Waals surface area contributed by atoms with Crippen LogP contribution in [-0.2, 0) is 4.79 Å². The third kappa shape index (κ3) is 5.06. The summed E-state index contributed by atoms with van der Waals surface area (Å²) in [5, 5.41) is 0.668. The topological polar surface area (TPSA) is 43.4 Å². The minimum Gasteiger partial charge on any atom is -0.483 e. The molecule has 0 amide bonds. The van der Waals surface area contributed by atoms with Crippen LogP contribution in [0.4, 0.5) is 0 Å². The Labute approximate surface area is 152 Å². The fourth-order valence-electron chi connectivity index (χ4n) is 1.90. The maximum atomic E-state index is 12.2. The molecule has 0 heterocycles. The van der Waals surface area contributed by atoms with E-state index in [0.29, 0.717) is 10.8 Å². The van der Waals surface area contributed by atoms with Gasteiger partial charge in [-0.1, -0.05) is 39.1 Å². The molecule has 3 nitrogen and oxygen atoms in total. The molecule has 0 bridgehead atoms. The lowest BCUT2D eigenvalue weighted by molar-refractivity contribution is -0.124. The Balaban J connectivity index is 2.00. The highest BCUT2D eigenvalue weighted by Gasteiger charge is 2.21. The first kappa shape index (κ1) is 18.0. The molecule has 0 radical (unpaired) electrons. The predicted molar refractivity (Wildman–Crippen MR) is 94.6 cm³/mol. The van der Waals surface area contributed by atoms with Crippen LogP contribution in [0.1, 0.15) is 23.7 Å². The van der Waals surface area contributed by atoms with Gasteiger partial charge in [0, 0.05) is 15.1 Å². The van der Waals surface area contributed by atoms with Crippen LogP contribution in [-0.4, -0.2) is 17.7 Å². The average Bonchev–Trinajstić information content (AvgIpc) is 2.49. The van der Waals surface area contributed by atoms with E-state index < -0.39 is 6.10 Å². The normalized spacial score (nSPS) is 11.8. The van der Waals surface area contributed by atoms with Crippen LogP contribution in [0.5, 0.6) is 5.75 Å². The molecule has 0 saturated carbocycles. The van der Waals surface area contributed by atoms with Gasteiger partial charge in [0.05, 0.1) is 11.4 Å². The first-order valence-corrected chi connectivity index (χ1v) is 8.35. The maximum Gasteiger partial charge on any atom is 0.180 e. The number of ether oxygens (including phenoxy) is 1. The molecule has 120 valence electrons. The molecule has 0 fully saturated rings. The van der Waals surface area contributed by atoms with Crippen LogP contribution in [0, 0.1) is 0 Å². The molecule has 2 aromatic carbocycles. The summed E-state index contributed by atoms with van der Waals surface area (Å²) in [5.74, 6) is -0.113. The third-order valence-electron chi connectivity index (χ3n) is 3.15. The summed E-state index contributed by atoms with van der Waals surface area (Å²) in [6, 6.07) is 11.7. The number of carbonyl (C=O) groups excluding carboxylic acids is 2. The molecule has 6 heteroatoms. The van der Waals surface area contributed by atoms with Gasteiger partial charge in [-0.3, -0.25) is 9.59 Å². The predicted octanol–water partition coefficient (Wildman–Crippen LogP) is 5.37. The van der Waals surface area contributed by atoms with E-state index in [-0.39, 0.29) is 28.6 Å². The number of benzene rings is 2. The van der Waals surface area contributed by atoms with Crippen molar-refractivity contribution in [3.05, 3.63) is 62.5 Å². The Morgan fingerprint density at radius 3 is 2.39 bits per heavy atom. The number of Topliss-reactive ketones (excluding diaryl/α,β-unsaturated/α-hetero) is 2. The van der Waals surface area contributed by atoms with Crippen molar-refractivity contribution in [3.63, 3.8) is 0 Å². The standard InChI is InChI=1S/C17H13BrCl2O3/c1-10(23-13-5-2-11(18)3-6-13)16(21)9-17(22)14-7-4-12(19)8-15(14)20/h2-8,10H,9H2,1H3. The van der Waals surface area contributed by atoms with Crippen molar-refractivity contribution in [3.8, 4) is 5.75 Å². The summed E-state index contributed by atoms with van der Waals surface area (Å²) in [7, 11) is 0. The molecule has 23 heavy (non-hydrogen) atoms. The molecule has 0 N–H and O–H groups in total. The molecule has 2 aromatic rings. The SMILES string of the molecule is CC(Oc1ccc(Br)cc1)C(=O)CC(=O)c1ccc(Cl)cc1Cl. The van der Waals surface area contributed by atoms with E-state index >= 15 is 0 Å². The number of halogens is 3.